The minimum absolute atomic E-state index is 0.203. The Hall–Kier alpha value is -2.61. The maximum Gasteiger partial charge on any atom is 0.150 e. The lowest BCUT2D eigenvalue weighted by Gasteiger charge is -2.52. The van der Waals surface area contributed by atoms with Gasteiger partial charge < -0.3 is 23.9 Å². The molecule has 2 unspecified atom stereocenters. The van der Waals surface area contributed by atoms with Crippen molar-refractivity contribution >= 4 is 5.69 Å². The third kappa shape index (κ3) is 5.63. The van der Waals surface area contributed by atoms with E-state index in [0.717, 1.165) is 75.1 Å². The van der Waals surface area contributed by atoms with Gasteiger partial charge in [0.2, 0.25) is 0 Å². The van der Waals surface area contributed by atoms with E-state index in [2.05, 4.69) is 70.5 Å². The highest BCUT2D eigenvalue weighted by molar-refractivity contribution is 5.46. The lowest BCUT2D eigenvalue weighted by molar-refractivity contribution is 0.0114. The fourth-order valence-electron chi connectivity index (χ4n) is 5.47. The summed E-state index contributed by atoms with van der Waals surface area (Å²) in [5.41, 5.74) is 2.59. The molecular weight excluding hydrogens is 440 g/mol. The topological polar surface area (TPSA) is 66.9 Å². The number of aromatic nitrogens is 1. The molecule has 1 saturated carbocycles. The minimum Gasteiger partial charge on any atom is -0.462 e. The molecule has 35 heavy (non-hydrogen) atoms. The van der Waals surface area contributed by atoms with Crippen molar-refractivity contribution in [1.29, 1.82) is 0 Å². The number of benzene rings is 1. The summed E-state index contributed by atoms with van der Waals surface area (Å²) in [5, 5.41) is 8.09. The third-order valence-corrected chi connectivity index (χ3v) is 7.93. The zero-order valence-corrected chi connectivity index (χ0v) is 21.2. The number of furan rings is 1. The van der Waals surface area contributed by atoms with Gasteiger partial charge in [0.25, 0.3) is 0 Å². The van der Waals surface area contributed by atoms with Crippen LogP contribution in [0.4, 0.5) is 5.69 Å². The van der Waals surface area contributed by atoms with Crippen molar-refractivity contribution < 1.29 is 13.7 Å². The summed E-state index contributed by atoms with van der Waals surface area (Å²) >= 11 is 0. The number of hydrogen-bond acceptors (Lipinski definition) is 7. The zero-order chi connectivity index (χ0) is 24.3. The standard InChI is InChI=1S/C28H38N4O3/c1-28(2)21(16-27(28)29-18-24-9-10-25(34-24)20-33-3)15-22-17-26(35-30-22)19-31-11-13-32(14-12-31)23-7-5-4-6-8-23/h4-10,17,21,27,29H,11-16,18-20H2,1-3H3. The van der Waals surface area contributed by atoms with Gasteiger partial charge in [-0.25, -0.2) is 0 Å². The number of nitrogens with zero attached hydrogens (tertiary/aromatic N) is 3. The Bertz CT molecular complexity index is 1070. The van der Waals surface area contributed by atoms with Crippen LogP contribution >= 0.6 is 0 Å². The number of rotatable bonds is 10. The zero-order valence-electron chi connectivity index (χ0n) is 21.2. The quantitative estimate of drug-likeness (QED) is 0.461. The van der Waals surface area contributed by atoms with Gasteiger partial charge in [0.1, 0.15) is 18.1 Å². The van der Waals surface area contributed by atoms with E-state index in [1.54, 1.807) is 7.11 Å². The van der Waals surface area contributed by atoms with Crippen molar-refractivity contribution in [2.75, 3.05) is 38.2 Å². The van der Waals surface area contributed by atoms with E-state index in [0.29, 0.717) is 18.6 Å². The first-order chi connectivity index (χ1) is 17.0. The van der Waals surface area contributed by atoms with Crippen LogP contribution in [0.15, 0.2) is 57.5 Å². The summed E-state index contributed by atoms with van der Waals surface area (Å²) in [5.74, 6) is 3.40. The van der Waals surface area contributed by atoms with Crippen LogP contribution in [0, 0.1) is 11.3 Å². The minimum atomic E-state index is 0.203. The van der Waals surface area contributed by atoms with Crippen molar-refractivity contribution in [2.24, 2.45) is 11.3 Å². The second-order valence-electron chi connectivity index (χ2n) is 10.6. The number of piperazine rings is 1. The molecule has 0 bridgehead atoms. The predicted molar refractivity (Wildman–Crippen MR) is 136 cm³/mol. The van der Waals surface area contributed by atoms with Gasteiger partial charge in [0.05, 0.1) is 18.8 Å². The Morgan fingerprint density at radius 1 is 1.03 bits per heavy atom. The maximum absolute atomic E-state index is 5.81. The van der Waals surface area contributed by atoms with Gasteiger partial charge in [-0.1, -0.05) is 37.2 Å². The molecule has 2 aliphatic rings. The molecule has 1 aromatic carbocycles. The van der Waals surface area contributed by atoms with Crippen molar-refractivity contribution in [1.82, 2.24) is 15.4 Å². The molecule has 0 radical (unpaired) electrons. The number of anilines is 1. The Morgan fingerprint density at radius 3 is 2.54 bits per heavy atom. The summed E-state index contributed by atoms with van der Waals surface area (Å²) in [4.78, 5) is 4.92. The largest absolute Gasteiger partial charge is 0.462 e. The first-order valence-corrected chi connectivity index (χ1v) is 12.8. The lowest BCUT2D eigenvalue weighted by Crippen LogP contribution is -2.57. The molecule has 3 aromatic rings. The number of ether oxygens (including phenoxy) is 1. The Kier molecular flexibility index (Phi) is 7.27. The van der Waals surface area contributed by atoms with E-state index in [9.17, 15) is 0 Å². The van der Waals surface area contributed by atoms with Gasteiger partial charge >= 0.3 is 0 Å². The van der Waals surface area contributed by atoms with Crippen LogP contribution in [0.25, 0.3) is 0 Å². The predicted octanol–water partition coefficient (Wildman–Crippen LogP) is 4.48. The Labute approximate surface area is 208 Å². The van der Waals surface area contributed by atoms with E-state index in [1.165, 1.54) is 5.69 Å². The van der Waals surface area contributed by atoms with E-state index in [1.807, 2.05) is 12.1 Å². The Morgan fingerprint density at radius 2 is 1.80 bits per heavy atom. The number of methoxy groups -OCH3 is 1. The molecule has 2 atom stereocenters. The average molecular weight is 479 g/mol. The highest BCUT2D eigenvalue weighted by Crippen LogP contribution is 2.47. The highest BCUT2D eigenvalue weighted by atomic mass is 16.5. The normalized spacial score (nSPS) is 22.3. The number of para-hydroxylation sites is 1. The van der Waals surface area contributed by atoms with E-state index >= 15 is 0 Å². The number of hydrogen-bond donors (Lipinski definition) is 1. The molecule has 1 N–H and O–H groups in total. The molecule has 7 heteroatoms. The molecular formula is C28H38N4O3. The number of nitrogens with one attached hydrogen (secondary N) is 1. The van der Waals surface area contributed by atoms with Gasteiger partial charge in [-0.2, -0.15) is 0 Å². The van der Waals surface area contributed by atoms with E-state index in [4.69, 9.17) is 13.7 Å². The van der Waals surface area contributed by atoms with Gasteiger partial charge in [0.15, 0.2) is 5.76 Å². The molecule has 1 aliphatic carbocycles. The highest BCUT2D eigenvalue weighted by Gasteiger charge is 2.47. The van der Waals surface area contributed by atoms with Crippen LogP contribution in [-0.2, 0) is 30.9 Å². The summed E-state index contributed by atoms with van der Waals surface area (Å²) in [6, 6.07) is 17.3. The summed E-state index contributed by atoms with van der Waals surface area (Å²) < 4.78 is 16.7. The molecule has 1 aliphatic heterocycles. The molecule has 188 valence electrons. The lowest BCUT2D eigenvalue weighted by atomic mass is 9.57. The third-order valence-electron chi connectivity index (χ3n) is 7.93. The summed E-state index contributed by atoms with van der Waals surface area (Å²) in [6.07, 6.45) is 2.11. The van der Waals surface area contributed by atoms with Crippen LogP contribution in [0.2, 0.25) is 0 Å². The summed E-state index contributed by atoms with van der Waals surface area (Å²) in [7, 11) is 1.68. The fourth-order valence-corrected chi connectivity index (χ4v) is 5.47. The molecule has 0 spiro atoms. The molecule has 5 rings (SSSR count). The summed E-state index contributed by atoms with van der Waals surface area (Å²) in [6.45, 7) is 11.0. The first-order valence-electron chi connectivity index (χ1n) is 12.8. The fraction of sp³-hybridized carbons (Fsp3) is 0.536. The van der Waals surface area contributed by atoms with Gasteiger partial charge in [-0.3, -0.25) is 4.90 Å². The molecule has 3 heterocycles. The molecule has 2 aromatic heterocycles. The van der Waals surface area contributed by atoms with Gasteiger partial charge in [-0.05, 0) is 48.4 Å². The van der Waals surface area contributed by atoms with E-state index in [-0.39, 0.29) is 5.41 Å². The van der Waals surface area contributed by atoms with Crippen LogP contribution in [-0.4, -0.2) is 49.4 Å². The van der Waals surface area contributed by atoms with Gasteiger partial charge in [-0.15, -0.1) is 0 Å². The first kappa shape index (κ1) is 24.1. The van der Waals surface area contributed by atoms with Crippen molar-refractivity contribution in [2.45, 2.75) is 52.4 Å². The van der Waals surface area contributed by atoms with Crippen LogP contribution in [0.1, 0.15) is 43.2 Å². The van der Waals surface area contributed by atoms with Crippen molar-refractivity contribution in [3.05, 3.63) is 71.5 Å². The maximum atomic E-state index is 5.81. The monoisotopic (exact) mass is 478 g/mol. The molecule has 1 saturated heterocycles. The van der Waals surface area contributed by atoms with E-state index < -0.39 is 0 Å². The van der Waals surface area contributed by atoms with Crippen molar-refractivity contribution in [3.63, 3.8) is 0 Å². The molecule has 2 fully saturated rings. The van der Waals surface area contributed by atoms with Gasteiger partial charge in [0, 0.05) is 51.1 Å². The second-order valence-corrected chi connectivity index (χ2v) is 10.6. The second kappa shape index (κ2) is 10.6. The van der Waals surface area contributed by atoms with Crippen LogP contribution in [0.5, 0.6) is 0 Å². The smallest absolute Gasteiger partial charge is 0.150 e. The molecule has 7 nitrogen and oxygen atoms in total. The van der Waals surface area contributed by atoms with Crippen LogP contribution < -0.4 is 10.2 Å². The SMILES string of the molecule is COCc1ccc(CNC2CC(Cc3cc(CN4CCN(c5ccccc5)CC4)on3)C2(C)C)o1. The van der Waals surface area contributed by atoms with Crippen LogP contribution in [0.3, 0.4) is 0 Å². The molecule has 0 amide bonds. The Balaban J connectivity index is 1.06. The average Bonchev–Trinajstić information content (AvgIpc) is 3.51. The van der Waals surface area contributed by atoms with Crippen molar-refractivity contribution in [3.8, 4) is 0 Å².